The summed E-state index contributed by atoms with van der Waals surface area (Å²) in [6.45, 7) is 1.91. The van der Waals surface area contributed by atoms with Gasteiger partial charge in [-0.2, -0.15) is 13.2 Å². The maximum Gasteiger partial charge on any atom is 0.416 e. The van der Waals surface area contributed by atoms with Gasteiger partial charge in [-0.25, -0.2) is 4.98 Å². The Kier molecular flexibility index (Phi) is 6.06. The topological polar surface area (TPSA) is 57.8 Å². The number of aromatic amines is 1. The van der Waals surface area contributed by atoms with E-state index in [1.165, 1.54) is 12.1 Å². The van der Waals surface area contributed by atoms with Gasteiger partial charge in [-0.05, 0) is 59.5 Å². The number of carbonyl (C=O) groups is 1. The predicted molar refractivity (Wildman–Crippen MR) is 135 cm³/mol. The van der Waals surface area contributed by atoms with Crippen LogP contribution in [-0.4, -0.2) is 15.9 Å². The van der Waals surface area contributed by atoms with Gasteiger partial charge in [0.2, 0.25) is 5.91 Å². The summed E-state index contributed by atoms with van der Waals surface area (Å²) >= 11 is 0. The standard InChI is InChI=1S/C29H22F3N3O/c1-18-12-21(23-13-22-14-26(35-28(22)33-17-23)19-6-3-2-4-7-19)11-10-20(18)15-27(36)34-25-9-5-8-24(16-25)29(30,31)32/h2-14,16-17H,15H2,1H3,(H,33,35)(H,34,36). The van der Waals surface area contributed by atoms with Crippen LogP contribution in [0.5, 0.6) is 0 Å². The van der Waals surface area contributed by atoms with Crippen molar-refractivity contribution >= 4 is 22.6 Å². The average Bonchev–Trinajstić information content (AvgIpc) is 3.29. The lowest BCUT2D eigenvalue weighted by atomic mass is 9.98. The summed E-state index contributed by atoms with van der Waals surface area (Å²) in [5.74, 6) is -0.381. The van der Waals surface area contributed by atoms with E-state index in [0.29, 0.717) is 0 Å². The molecule has 5 rings (SSSR count). The highest BCUT2D eigenvalue weighted by Crippen LogP contribution is 2.31. The maximum absolute atomic E-state index is 12.9. The molecule has 5 aromatic rings. The number of hydrogen-bond donors (Lipinski definition) is 2. The van der Waals surface area contributed by atoms with Crippen LogP contribution in [0.25, 0.3) is 33.4 Å². The Hall–Kier alpha value is -4.39. The highest BCUT2D eigenvalue weighted by molar-refractivity contribution is 5.93. The Labute approximate surface area is 205 Å². The van der Waals surface area contributed by atoms with Crippen LogP contribution in [0.4, 0.5) is 18.9 Å². The molecule has 0 radical (unpaired) electrons. The van der Waals surface area contributed by atoms with Gasteiger partial charge >= 0.3 is 6.18 Å². The van der Waals surface area contributed by atoms with Crippen molar-refractivity contribution in [3.63, 3.8) is 0 Å². The fourth-order valence-corrected chi connectivity index (χ4v) is 4.17. The Balaban J connectivity index is 1.32. The number of pyridine rings is 1. The van der Waals surface area contributed by atoms with Gasteiger partial charge in [0, 0.05) is 28.5 Å². The zero-order chi connectivity index (χ0) is 25.3. The minimum absolute atomic E-state index is 0.0535. The van der Waals surface area contributed by atoms with E-state index < -0.39 is 11.7 Å². The lowest BCUT2D eigenvalue weighted by Gasteiger charge is -2.11. The zero-order valence-electron chi connectivity index (χ0n) is 19.4. The number of nitrogens with zero attached hydrogens (tertiary/aromatic N) is 1. The molecule has 4 nitrogen and oxygen atoms in total. The van der Waals surface area contributed by atoms with Crippen LogP contribution in [0.2, 0.25) is 0 Å². The number of fused-ring (bicyclic) bond motifs is 1. The van der Waals surface area contributed by atoms with Gasteiger partial charge < -0.3 is 10.3 Å². The Morgan fingerprint density at radius 2 is 1.69 bits per heavy atom. The van der Waals surface area contributed by atoms with Crippen molar-refractivity contribution in [3.05, 3.63) is 108 Å². The van der Waals surface area contributed by atoms with Crippen LogP contribution in [0.3, 0.4) is 0 Å². The van der Waals surface area contributed by atoms with Gasteiger partial charge in [0.05, 0.1) is 12.0 Å². The molecule has 0 saturated carbocycles. The van der Waals surface area contributed by atoms with Gasteiger partial charge in [-0.1, -0.05) is 54.6 Å². The summed E-state index contributed by atoms with van der Waals surface area (Å²) in [7, 11) is 0. The Morgan fingerprint density at radius 3 is 2.44 bits per heavy atom. The third-order valence-corrected chi connectivity index (χ3v) is 6.06. The van der Waals surface area contributed by atoms with Gasteiger partial charge in [0.15, 0.2) is 0 Å². The first-order valence-corrected chi connectivity index (χ1v) is 11.4. The van der Waals surface area contributed by atoms with Crippen LogP contribution in [0.1, 0.15) is 16.7 Å². The van der Waals surface area contributed by atoms with E-state index in [1.54, 1.807) is 0 Å². The molecule has 3 aromatic carbocycles. The lowest BCUT2D eigenvalue weighted by molar-refractivity contribution is -0.137. The molecule has 36 heavy (non-hydrogen) atoms. The number of nitrogens with one attached hydrogen (secondary N) is 2. The van der Waals surface area contributed by atoms with Crippen molar-refractivity contribution in [1.82, 2.24) is 9.97 Å². The molecule has 0 aliphatic rings. The Bertz CT molecular complexity index is 1560. The average molecular weight is 486 g/mol. The molecular formula is C29H22F3N3O. The third-order valence-electron chi connectivity index (χ3n) is 6.06. The van der Waals surface area contributed by atoms with Gasteiger partial charge in [-0.3, -0.25) is 4.79 Å². The van der Waals surface area contributed by atoms with Crippen molar-refractivity contribution < 1.29 is 18.0 Å². The van der Waals surface area contributed by atoms with Gasteiger partial charge in [0.1, 0.15) is 5.65 Å². The van der Waals surface area contributed by atoms with E-state index in [9.17, 15) is 18.0 Å². The van der Waals surface area contributed by atoms with Crippen LogP contribution in [-0.2, 0) is 17.4 Å². The lowest BCUT2D eigenvalue weighted by Crippen LogP contribution is -2.15. The van der Waals surface area contributed by atoms with Crippen LogP contribution in [0.15, 0.2) is 91.1 Å². The number of amides is 1. The highest BCUT2D eigenvalue weighted by atomic mass is 19.4. The second-order valence-electron chi connectivity index (χ2n) is 8.66. The van der Waals surface area contributed by atoms with Crippen molar-refractivity contribution in [2.24, 2.45) is 0 Å². The molecule has 180 valence electrons. The quantitative estimate of drug-likeness (QED) is 0.272. The SMILES string of the molecule is Cc1cc(-c2cnc3[nH]c(-c4ccccc4)cc3c2)ccc1CC(=O)Nc1cccc(C(F)(F)F)c1. The second-order valence-corrected chi connectivity index (χ2v) is 8.66. The van der Waals surface area contributed by atoms with Crippen molar-refractivity contribution in [3.8, 4) is 22.4 Å². The van der Waals surface area contributed by atoms with E-state index in [0.717, 1.165) is 56.7 Å². The summed E-state index contributed by atoms with van der Waals surface area (Å²) in [5, 5.41) is 3.55. The molecule has 0 unspecified atom stereocenters. The number of rotatable bonds is 5. The van der Waals surface area contributed by atoms with E-state index in [1.807, 2.05) is 61.7 Å². The molecule has 2 N–H and O–H groups in total. The molecule has 0 saturated heterocycles. The number of anilines is 1. The second kappa shape index (κ2) is 9.34. The van der Waals surface area contributed by atoms with Gasteiger partial charge in [-0.15, -0.1) is 0 Å². The fraction of sp³-hybridized carbons (Fsp3) is 0.103. The fourth-order valence-electron chi connectivity index (χ4n) is 4.17. The third kappa shape index (κ3) is 5.00. The number of hydrogen-bond acceptors (Lipinski definition) is 2. The summed E-state index contributed by atoms with van der Waals surface area (Å²) in [4.78, 5) is 20.4. The highest BCUT2D eigenvalue weighted by Gasteiger charge is 2.30. The first-order chi connectivity index (χ1) is 17.3. The molecule has 7 heteroatoms. The summed E-state index contributed by atoms with van der Waals surface area (Å²) in [6.07, 6.45) is -2.60. The van der Waals surface area contributed by atoms with Crippen LogP contribution < -0.4 is 5.32 Å². The molecule has 0 bridgehead atoms. The van der Waals surface area contributed by atoms with Crippen molar-refractivity contribution in [1.29, 1.82) is 0 Å². The number of carbonyl (C=O) groups excluding carboxylic acids is 1. The normalized spacial score (nSPS) is 11.6. The number of aryl methyl sites for hydroxylation is 1. The summed E-state index contributed by atoms with van der Waals surface area (Å²) in [5.41, 5.74) is 5.81. The summed E-state index contributed by atoms with van der Waals surface area (Å²) in [6, 6.07) is 24.6. The largest absolute Gasteiger partial charge is 0.416 e. The number of benzene rings is 3. The number of aromatic nitrogens is 2. The van der Waals surface area contributed by atoms with Gasteiger partial charge in [0.25, 0.3) is 0 Å². The monoisotopic (exact) mass is 485 g/mol. The Morgan fingerprint density at radius 1 is 0.889 bits per heavy atom. The minimum Gasteiger partial charge on any atom is -0.339 e. The molecule has 1 amide bonds. The molecule has 0 fully saturated rings. The molecule has 2 aromatic heterocycles. The van der Waals surface area contributed by atoms with E-state index >= 15 is 0 Å². The van der Waals surface area contributed by atoms with Crippen LogP contribution >= 0.6 is 0 Å². The number of halogens is 3. The van der Waals surface area contributed by atoms with Crippen LogP contribution in [0, 0.1) is 6.92 Å². The minimum atomic E-state index is -4.46. The first kappa shape index (κ1) is 23.4. The molecule has 0 aliphatic carbocycles. The number of alkyl halides is 3. The molecule has 0 spiro atoms. The van der Waals surface area contributed by atoms with Crippen molar-refractivity contribution in [2.75, 3.05) is 5.32 Å². The predicted octanol–water partition coefficient (Wildman–Crippen LogP) is 7.41. The molecule has 0 atom stereocenters. The maximum atomic E-state index is 12.9. The van der Waals surface area contributed by atoms with E-state index in [-0.39, 0.29) is 18.0 Å². The smallest absolute Gasteiger partial charge is 0.339 e. The molecular weight excluding hydrogens is 463 g/mol. The van der Waals surface area contributed by atoms with E-state index in [4.69, 9.17) is 0 Å². The van der Waals surface area contributed by atoms with E-state index in [2.05, 4.69) is 27.4 Å². The summed E-state index contributed by atoms with van der Waals surface area (Å²) < 4.78 is 38.8. The zero-order valence-corrected chi connectivity index (χ0v) is 19.4. The van der Waals surface area contributed by atoms with Crippen molar-refractivity contribution in [2.45, 2.75) is 19.5 Å². The first-order valence-electron chi connectivity index (χ1n) is 11.4. The molecule has 0 aliphatic heterocycles. The molecule has 2 heterocycles. The number of H-pyrrole nitrogens is 1.